The first-order chi connectivity index (χ1) is 14.5. The fourth-order valence-corrected chi connectivity index (χ4v) is 5.49. The molecule has 3 aliphatic rings. The van der Waals surface area contributed by atoms with Gasteiger partial charge in [-0.25, -0.2) is 9.97 Å². The van der Waals surface area contributed by atoms with E-state index in [0.29, 0.717) is 18.4 Å². The third-order valence-electron chi connectivity index (χ3n) is 7.32. The monoisotopic (exact) mass is 412 g/mol. The molecule has 6 nitrogen and oxygen atoms in total. The van der Waals surface area contributed by atoms with E-state index in [2.05, 4.69) is 5.32 Å². The highest BCUT2D eigenvalue weighted by Gasteiger charge is 2.34. The van der Waals surface area contributed by atoms with E-state index in [1.807, 2.05) is 18.7 Å². The Kier molecular flexibility index (Phi) is 6.69. The molecule has 0 radical (unpaired) electrons. The van der Waals surface area contributed by atoms with Crippen LogP contribution in [0.5, 0.6) is 0 Å². The molecular formula is C24H36N4O2. The Labute approximate surface area is 180 Å². The standard InChI is InChI=1S/C24H36N4O2/c1-16-21(14-22(29)27-20-10-4-3-5-11-20)17(2)26-23(25-16)19-12-13-28(15-19)24(30)18-8-6-7-9-18/h18-20H,3-15H2,1-2H3,(H,27,29)/t19-/m0/s1. The molecule has 2 heterocycles. The first-order valence-electron chi connectivity index (χ1n) is 11.9. The number of nitrogens with one attached hydrogen (secondary N) is 1. The quantitative estimate of drug-likeness (QED) is 0.802. The molecule has 1 atom stereocenters. The van der Waals surface area contributed by atoms with Gasteiger partial charge in [0.15, 0.2) is 0 Å². The van der Waals surface area contributed by atoms with Crippen LogP contribution in [0, 0.1) is 19.8 Å². The molecule has 0 spiro atoms. The SMILES string of the molecule is Cc1nc([C@H]2CCN(C(=O)C3CCCC3)C2)nc(C)c1CC(=O)NC1CCCCC1. The van der Waals surface area contributed by atoms with Crippen molar-refractivity contribution in [2.24, 2.45) is 5.92 Å². The van der Waals surface area contributed by atoms with Crippen LogP contribution < -0.4 is 5.32 Å². The highest BCUT2D eigenvalue weighted by Crippen LogP contribution is 2.31. The number of aryl methyl sites for hydroxylation is 2. The van der Waals surface area contributed by atoms with Gasteiger partial charge in [-0.05, 0) is 46.0 Å². The Balaban J connectivity index is 1.37. The Bertz CT molecular complexity index is 758. The van der Waals surface area contributed by atoms with Crippen LogP contribution in [0.1, 0.15) is 92.9 Å². The summed E-state index contributed by atoms with van der Waals surface area (Å²) in [5.74, 6) is 1.69. The van der Waals surface area contributed by atoms with Gasteiger partial charge in [-0.2, -0.15) is 0 Å². The topological polar surface area (TPSA) is 75.2 Å². The molecule has 1 saturated heterocycles. The van der Waals surface area contributed by atoms with Crippen molar-refractivity contribution in [3.05, 3.63) is 22.8 Å². The molecule has 2 aliphatic carbocycles. The van der Waals surface area contributed by atoms with Crippen LogP contribution in [0.25, 0.3) is 0 Å². The first-order valence-corrected chi connectivity index (χ1v) is 11.9. The molecule has 164 valence electrons. The number of carbonyl (C=O) groups excluding carboxylic acids is 2. The highest BCUT2D eigenvalue weighted by molar-refractivity contribution is 5.80. The van der Waals surface area contributed by atoms with E-state index in [-0.39, 0.29) is 17.7 Å². The number of nitrogens with zero attached hydrogens (tertiary/aromatic N) is 3. The van der Waals surface area contributed by atoms with Crippen LogP contribution in [0.15, 0.2) is 0 Å². The maximum absolute atomic E-state index is 12.7. The molecule has 6 heteroatoms. The predicted molar refractivity (Wildman–Crippen MR) is 116 cm³/mol. The van der Waals surface area contributed by atoms with Gasteiger partial charge in [0.05, 0.1) is 6.42 Å². The lowest BCUT2D eigenvalue weighted by Gasteiger charge is -2.23. The van der Waals surface area contributed by atoms with Gasteiger partial charge in [-0.3, -0.25) is 9.59 Å². The summed E-state index contributed by atoms with van der Waals surface area (Å²) in [7, 11) is 0. The number of hydrogen-bond acceptors (Lipinski definition) is 4. The van der Waals surface area contributed by atoms with E-state index in [1.54, 1.807) is 0 Å². The largest absolute Gasteiger partial charge is 0.353 e. The lowest BCUT2D eigenvalue weighted by molar-refractivity contribution is -0.134. The van der Waals surface area contributed by atoms with Gasteiger partial charge < -0.3 is 10.2 Å². The maximum atomic E-state index is 12.7. The third-order valence-corrected chi connectivity index (χ3v) is 7.32. The van der Waals surface area contributed by atoms with E-state index in [9.17, 15) is 9.59 Å². The van der Waals surface area contributed by atoms with Crippen LogP contribution >= 0.6 is 0 Å². The summed E-state index contributed by atoms with van der Waals surface area (Å²) < 4.78 is 0. The molecule has 1 aromatic rings. The van der Waals surface area contributed by atoms with Crippen molar-refractivity contribution in [2.75, 3.05) is 13.1 Å². The summed E-state index contributed by atoms with van der Waals surface area (Å²) in [4.78, 5) is 36.9. The second-order valence-corrected chi connectivity index (χ2v) is 9.56. The maximum Gasteiger partial charge on any atom is 0.225 e. The Morgan fingerprint density at radius 1 is 0.933 bits per heavy atom. The molecule has 1 aromatic heterocycles. The van der Waals surface area contributed by atoms with E-state index >= 15 is 0 Å². The lowest BCUT2D eigenvalue weighted by atomic mass is 9.95. The average Bonchev–Trinajstić information content (AvgIpc) is 3.43. The van der Waals surface area contributed by atoms with E-state index in [4.69, 9.17) is 9.97 Å². The molecular weight excluding hydrogens is 376 g/mol. The van der Waals surface area contributed by atoms with Crippen molar-refractivity contribution in [2.45, 2.75) is 96.4 Å². The molecule has 1 N–H and O–H groups in total. The minimum absolute atomic E-state index is 0.0821. The van der Waals surface area contributed by atoms with Crippen LogP contribution in [0.3, 0.4) is 0 Å². The normalized spacial score (nSPS) is 23.1. The molecule has 0 aromatic carbocycles. The second kappa shape index (κ2) is 9.44. The van der Waals surface area contributed by atoms with Gasteiger partial charge in [0.1, 0.15) is 5.82 Å². The molecule has 2 saturated carbocycles. The van der Waals surface area contributed by atoms with E-state index in [1.165, 1.54) is 32.1 Å². The van der Waals surface area contributed by atoms with Crippen LogP contribution in [0.2, 0.25) is 0 Å². The number of carbonyl (C=O) groups is 2. The molecule has 0 bridgehead atoms. The number of likely N-dealkylation sites (tertiary alicyclic amines) is 1. The van der Waals surface area contributed by atoms with E-state index in [0.717, 1.165) is 68.0 Å². The Hall–Kier alpha value is -1.98. The number of rotatable bonds is 5. The summed E-state index contributed by atoms with van der Waals surface area (Å²) in [5, 5.41) is 3.20. The smallest absolute Gasteiger partial charge is 0.225 e. The fourth-order valence-electron chi connectivity index (χ4n) is 5.49. The zero-order valence-electron chi connectivity index (χ0n) is 18.6. The molecule has 2 amide bonds. The molecule has 1 aliphatic heterocycles. The second-order valence-electron chi connectivity index (χ2n) is 9.56. The van der Waals surface area contributed by atoms with Crippen LogP contribution in [0.4, 0.5) is 0 Å². The van der Waals surface area contributed by atoms with Gasteiger partial charge in [0, 0.05) is 47.9 Å². The average molecular weight is 413 g/mol. The third kappa shape index (κ3) is 4.84. The van der Waals surface area contributed by atoms with Crippen molar-refractivity contribution in [1.82, 2.24) is 20.2 Å². The molecule has 3 fully saturated rings. The lowest BCUT2D eigenvalue weighted by Crippen LogP contribution is -2.37. The van der Waals surface area contributed by atoms with Crippen molar-refractivity contribution in [3.8, 4) is 0 Å². The van der Waals surface area contributed by atoms with Gasteiger partial charge in [-0.15, -0.1) is 0 Å². The van der Waals surface area contributed by atoms with Gasteiger partial charge in [0.2, 0.25) is 11.8 Å². The van der Waals surface area contributed by atoms with Gasteiger partial charge >= 0.3 is 0 Å². The van der Waals surface area contributed by atoms with Crippen molar-refractivity contribution in [1.29, 1.82) is 0 Å². The summed E-state index contributed by atoms with van der Waals surface area (Å²) in [6.45, 7) is 5.51. The zero-order valence-corrected chi connectivity index (χ0v) is 18.6. The van der Waals surface area contributed by atoms with Crippen LogP contribution in [-0.4, -0.2) is 45.8 Å². The van der Waals surface area contributed by atoms with Gasteiger partial charge in [0.25, 0.3) is 0 Å². The Morgan fingerprint density at radius 3 is 2.23 bits per heavy atom. The Morgan fingerprint density at radius 2 is 1.57 bits per heavy atom. The summed E-state index contributed by atoms with van der Waals surface area (Å²) in [6, 6.07) is 0.328. The van der Waals surface area contributed by atoms with Crippen molar-refractivity contribution < 1.29 is 9.59 Å². The van der Waals surface area contributed by atoms with Crippen molar-refractivity contribution >= 4 is 11.8 Å². The highest BCUT2D eigenvalue weighted by atomic mass is 16.2. The fraction of sp³-hybridized carbons (Fsp3) is 0.750. The summed E-state index contributed by atoms with van der Waals surface area (Å²) in [6.07, 6.45) is 11.6. The predicted octanol–water partition coefficient (Wildman–Crippen LogP) is 3.59. The summed E-state index contributed by atoms with van der Waals surface area (Å²) in [5.41, 5.74) is 2.75. The minimum Gasteiger partial charge on any atom is -0.353 e. The van der Waals surface area contributed by atoms with Crippen molar-refractivity contribution in [3.63, 3.8) is 0 Å². The number of aromatic nitrogens is 2. The number of amides is 2. The molecule has 0 unspecified atom stereocenters. The minimum atomic E-state index is 0.0821. The summed E-state index contributed by atoms with van der Waals surface area (Å²) >= 11 is 0. The molecule has 4 rings (SSSR count). The molecule has 30 heavy (non-hydrogen) atoms. The first kappa shape index (κ1) is 21.3. The van der Waals surface area contributed by atoms with Gasteiger partial charge in [-0.1, -0.05) is 32.1 Å². The number of hydrogen-bond donors (Lipinski definition) is 1. The van der Waals surface area contributed by atoms with E-state index < -0.39 is 0 Å². The zero-order chi connectivity index (χ0) is 21.1. The van der Waals surface area contributed by atoms with Crippen LogP contribution in [-0.2, 0) is 16.0 Å².